The summed E-state index contributed by atoms with van der Waals surface area (Å²) in [7, 11) is 0. The van der Waals surface area contributed by atoms with E-state index in [4.69, 9.17) is 11.6 Å². The largest absolute Gasteiger partial charge is 0.451 e. The van der Waals surface area contributed by atoms with Crippen molar-refractivity contribution < 1.29 is 23.1 Å². The SMILES string of the molecule is O=C(c1ccc(Cl)cc1)N1CCN([C@@H]2CN(c3nc(C(F)(F)F)nc4ccc(-c5nn[nH]n5)cc34)C[C@H]2O)CC1. The number of H-pyrrole nitrogens is 1. The molecule has 2 aliphatic heterocycles. The summed E-state index contributed by atoms with van der Waals surface area (Å²) in [6, 6.07) is 11.0. The van der Waals surface area contributed by atoms with Gasteiger partial charge in [-0.1, -0.05) is 11.6 Å². The number of β-amino-alcohol motifs (C(OH)–C–C–N with tert-alkyl or cyclic N) is 1. The average Bonchev–Trinajstić information content (AvgIpc) is 3.62. The van der Waals surface area contributed by atoms with Crippen molar-refractivity contribution in [3.63, 3.8) is 0 Å². The lowest BCUT2D eigenvalue weighted by molar-refractivity contribution is -0.144. The summed E-state index contributed by atoms with van der Waals surface area (Å²) in [6.45, 7) is 2.26. The first kappa shape index (κ1) is 26.3. The number of rotatable bonds is 4. The number of hydrogen-bond acceptors (Lipinski definition) is 9. The number of nitrogens with one attached hydrogen (secondary N) is 1. The lowest BCUT2D eigenvalue weighted by atomic mass is 10.1. The number of fused-ring (bicyclic) bond motifs is 1. The Morgan fingerprint density at radius 3 is 2.45 bits per heavy atom. The molecule has 2 fully saturated rings. The predicted molar refractivity (Wildman–Crippen MR) is 139 cm³/mol. The smallest absolute Gasteiger partial charge is 0.390 e. The number of amides is 1. The minimum absolute atomic E-state index is 0.0702. The molecule has 2 saturated heterocycles. The highest BCUT2D eigenvalue weighted by Gasteiger charge is 2.41. The van der Waals surface area contributed by atoms with Crippen LogP contribution in [0, 0.1) is 0 Å². The molecule has 0 saturated carbocycles. The van der Waals surface area contributed by atoms with Gasteiger partial charge in [-0.15, -0.1) is 10.2 Å². The fraction of sp³-hybridized carbons (Fsp3) is 0.360. The molecule has 2 N–H and O–H groups in total. The Morgan fingerprint density at radius 2 is 1.77 bits per heavy atom. The summed E-state index contributed by atoms with van der Waals surface area (Å²) in [5, 5.41) is 25.7. The van der Waals surface area contributed by atoms with Crippen molar-refractivity contribution in [1.29, 1.82) is 0 Å². The number of carbonyl (C=O) groups excluding carboxylic acids is 1. The van der Waals surface area contributed by atoms with Crippen LogP contribution in [0.3, 0.4) is 0 Å². The number of carbonyl (C=O) groups is 1. The second kappa shape index (κ2) is 10.3. The van der Waals surface area contributed by atoms with Crippen LogP contribution in [0.15, 0.2) is 42.5 Å². The zero-order valence-corrected chi connectivity index (χ0v) is 21.6. The van der Waals surface area contributed by atoms with E-state index in [1.807, 2.05) is 0 Å². The molecule has 2 aliphatic rings. The van der Waals surface area contributed by atoms with Crippen molar-refractivity contribution in [2.45, 2.75) is 18.3 Å². The number of hydrogen-bond donors (Lipinski definition) is 2. The summed E-state index contributed by atoms with van der Waals surface area (Å²) in [4.78, 5) is 26.0. The molecule has 2 aromatic heterocycles. The van der Waals surface area contributed by atoms with E-state index < -0.39 is 18.1 Å². The second-order valence-corrected chi connectivity index (χ2v) is 10.1. The molecule has 11 nitrogen and oxygen atoms in total. The topological polar surface area (TPSA) is 127 Å². The fourth-order valence-corrected chi connectivity index (χ4v) is 5.36. The van der Waals surface area contributed by atoms with Crippen LogP contribution < -0.4 is 4.90 Å². The molecule has 6 rings (SSSR count). The number of anilines is 1. The Hall–Kier alpha value is -3.88. The lowest BCUT2D eigenvalue weighted by Gasteiger charge is -2.38. The Bertz CT molecular complexity index is 1530. The molecule has 0 spiro atoms. The number of aliphatic hydroxyl groups is 1. The van der Waals surface area contributed by atoms with E-state index in [9.17, 15) is 23.1 Å². The minimum atomic E-state index is -4.75. The Kier molecular flexibility index (Phi) is 6.76. The van der Waals surface area contributed by atoms with Crippen LogP contribution >= 0.6 is 11.6 Å². The van der Waals surface area contributed by atoms with Crippen LogP contribution in [-0.4, -0.2) is 103 Å². The number of aliphatic hydroxyl groups excluding tert-OH is 1. The highest BCUT2D eigenvalue weighted by molar-refractivity contribution is 6.30. The fourth-order valence-electron chi connectivity index (χ4n) is 5.24. The molecule has 0 unspecified atom stereocenters. The highest BCUT2D eigenvalue weighted by Crippen LogP contribution is 2.35. The van der Waals surface area contributed by atoms with Gasteiger partial charge < -0.3 is 14.9 Å². The molecule has 4 heterocycles. The van der Waals surface area contributed by atoms with Crippen molar-refractivity contribution in [2.75, 3.05) is 44.2 Å². The van der Waals surface area contributed by atoms with Crippen LogP contribution in [-0.2, 0) is 6.18 Å². The molecule has 0 bridgehead atoms. The quantitative estimate of drug-likeness (QED) is 0.378. The van der Waals surface area contributed by atoms with Crippen LogP contribution in [0.1, 0.15) is 16.2 Å². The third-order valence-electron chi connectivity index (χ3n) is 7.25. The van der Waals surface area contributed by atoms with Gasteiger partial charge in [0.15, 0.2) is 0 Å². The number of aromatic amines is 1. The zero-order valence-electron chi connectivity index (χ0n) is 20.9. The molecule has 208 valence electrons. The van der Waals surface area contributed by atoms with E-state index in [2.05, 4.69) is 35.5 Å². The van der Waals surface area contributed by atoms with Crippen LogP contribution in [0.25, 0.3) is 22.3 Å². The van der Waals surface area contributed by atoms with E-state index in [0.29, 0.717) is 47.7 Å². The van der Waals surface area contributed by atoms with E-state index in [1.165, 1.54) is 6.07 Å². The van der Waals surface area contributed by atoms with Gasteiger partial charge in [-0.05, 0) is 47.7 Å². The average molecular weight is 574 g/mol. The van der Waals surface area contributed by atoms with Gasteiger partial charge in [-0.2, -0.15) is 18.4 Å². The number of tetrazole rings is 1. The van der Waals surface area contributed by atoms with Crippen LogP contribution in [0.5, 0.6) is 0 Å². The molecule has 1 amide bonds. The van der Waals surface area contributed by atoms with E-state index >= 15 is 0 Å². The summed E-state index contributed by atoms with van der Waals surface area (Å²) < 4.78 is 41.1. The first-order valence-corrected chi connectivity index (χ1v) is 12.9. The first-order chi connectivity index (χ1) is 19.2. The highest BCUT2D eigenvalue weighted by atomic mass is 35.5. The maximum atomic E-state index is 13.7. The summed E-state index contributed by atoms with van der Waals surface area (Å²) in [5.74, 6) is -1.01. The molecule has 0 radical (unpaired) electrons. The maximum absolute atomic E-state index is 13.7. The van der Waals surface area contributed by atoms with Crippen LogP contribution in [0.2, 0.25) is 5.02 Å². The van der Waals surface area contributed by atoms with Gasteiger partial charge in [0, 0.05) is 60.8 Å². The Labute approximate surface area is 230 Å². The van der Waals surface area contributed by atoms with E-state index in [0.717, 1.165) is 0 Å². The summed E-state index contributed by atoms with van der Waals surface area (Å²) in [6.07, 6.45) is -5.58. The number of benzene rings is 2. The van der Waals surface area contributed by atoms with Crippen molar-refractivity contribution in [1.82, 2.24) is 40.4 Å². The molecular formula is C25H23ClF3N9O2. The Morgan fingerprint density at radius 1 is 1.02 bits per heavy atom. The third kappa shape index (κ3) is 5.05. The van der Waals surface area contributed by atoms with Crippen molar-refractivity contribution in [3.05, 3.63) is 58.9 Å². The standard InChI is InChI=1S/C25H23ClF3N9O2/c26-16-4-1-14(2-5-16)23(40)37-9-7-36(8-10-37)19-12-38(13-20(19)39)22-17-11-15(21-32-34-35-33-21)3-6-18(17)30-24(31-22)25(27,28)29/h1-6,11,19-20,39H,7-10,12-13H2,(H,32,33,34,35)/t19-,20-/m1/s1. The van der Waals surface area contributed by atoms with Crippen molar-refractivity contribution in [2.24, 2.45) is 0 Å². The maximum Gasteiger partial charge on any atom is 0.451 e. The number of halogens is 4. The second-order valence-electron chi connectivity index (χ2n) is 9.71. The molecule has 4 aromatic rings. The van der Waals surface area contributed by atoms with Gasteiger partial charge in [0.25, 0.3) is 5.91 Å². The van der Waals surface area contributed by atoms with Gasteiger partial charge >= 0.3 is 6.18 Å². The van der Waals surface area contributed by atoms with Gasteiger partial charge in [0.2, 0.25) is 11.6 Å². The number of nitrogens with zero attached hydrogens (tertiary/aromatic N) is 8. The van der Waals surface area contributed by atoms with E-state index in [-0.39, 0.29) is 42.2 Å². The summed E-state index contributed by atoms with van der Waals surface area (Å²) in [5.41, 5.74) is 1.18. The third-order valence-corrected chi connectivity index (χ3v) is 7.50. The van der Waals surface area contributed by atoms with Gasteiger partial charge in [-0.25, -0.2) is 9.97 Å². The zero-order chi connectivity index (χ0) is 28.0. The first-order valence-electron chi connectivity index (χ1n) is 12.5. The van der Waals surface area contributed by atoms with Crippen LogP contribution in [0.4, 0.5) is 19.0 Å². The molecule has 2 aromatic carbocycles. The normalized spacial score (nSPS) is 20.4. The number of alkyl halides is 3. The lowest BCUT2D eigenvalue weighted by Crippen LogP contribution is -2.54. The molecule has 0 aliphatic carbocycles. The molecule has 40 heavy (non-hydrogen) atoms. The minimum Gasteiger partial charge on any atom is -0.390 e. The molecule has 2 atom stereocenters. The van der Waals surface area contributed by atoms with Crippen molar-refractivity contribution in [3.8, 4) is 11.4 Å². The monoisotopic (exact) mass is 573 g/mol. The predicted octanol–water partition coefficient (Wildman–Crippen LogP) is 2.49. The Balaban J connectivity index is 1.23. The van der Waals surface area contributed by atoms with E-state index in [1.54, 1.807) is 46.2 Å². The van der Waals surface area contributed by atoms with Gasteiger partial charge in [0.05, 0.1) is 17.7 Å². The van der Waals surface area contributed by atoms with Gasteiger partial charge in [-0.3, -0.25) is 9.69 Å². The summed E-state index contributed by atoms with van der Waals surface area (Å²) >= 11 is 5.93. The molecular weight excluding hydrogens is 551 g/mol. The number of piperazine rings is 1. The number of aromatic nitrogens is 6. The van der Waals surface area contributed by atoms with Crippen molar-refractivity contribution >= 4 is 34.2 Å². The molecule has 15 heteroatoms. The van der Waals surface area contributed by atoms with Gasteiger partial charge in [0.1, 0.15) is 5.82 Å².